The van der Waals surface area contributed by atoms with Crippen molar-refractivity contribution in [1.82, 2.24) is 9.97 Å². The molecule has 17 heavy (non-hydrogen) atoms. The Bertz CT molecular complexity index is 526. The van der Waals surface area contributed by atoms with Crippen LogP contribution in [0.4, 0.5) is 0 Å². The van der Waals surface area contributed by atoms with Crippen molar-refractivity contribution < 1.29 is 0 Å². The second-order valence-corrected chi connectivity index (χ2v) is 4.51. The smallest absolute Gasteiger partial charge is 0.108 e. The highest BCUT2D eigenvalue weighted by atomic mass is 14.9. The average molecular weight is 229 g/mol. The molecule has 3 nitrogen and oxygen atoms in total. The van der Waals surface area contributed by atoms with Crippen molar-refractivity contribution in [3.8, 4) is 11.3 Å². The van der Waals surface area contributed by atoms with Crippen LogP contribution in [0.5, 0.6) is 0 Å². The molecule has 0 fully saturated rings. The van der Waals surface area contributed by atoms with E-state index in [0.29, 0.717) is 6.54 Å². The highest BCUT2D eigenvalue weighted by Crippen LogP contribution is 2.25. The maximum atomic E-state index is 5.55. The molecule has 2 rings (SSSR count). The second kappa shape index (κ2) is 4.72. The van der Waals surface area contributed by atoms with Crippen LogP contribution in [-0.4, -0.2) is 16.5 Å². The van der Waals surface area contributed by atoms with E-state index < -0.39 is 0 Å². The van der Waals surface area contributed by atoms with Crippen molar-refractivity contribution in [2.24, 2.45) is 5.73 Å². The van der Waals surface area contributed by atoms with Crippen LogP contribution in [0.2, 0.25) is 0 Å². The number of rotatable bonds is 3. The van der Waals surface area contributed by atoms with Gasteiger partial charge in [0, 0.05) is 17.7 Å². The van der Waals surface area contributed by atoms with Crippen LogP contribution in [0, 0.1) is 20.8 Å². The molecule has 0 spiro atoms. The predicted molar refractivity (Wildman–Crippen MR) is 71.0 cm³/mol. The van der Waals surface area contributed by atoms with E-state index in [1.165, 1.54) is 16.7 Å². The number of benzene rings is 1. The van der Waals surface area contributed by atoms with E-state index in [1.54, 1.807) is 0 Å². The third-order valence-corrected chi connectivity index (χ3v) is 2.95. The maximum absolute atomic E-state index is 5.55. The van der Waals surface area contributed by atoms with Gasteiger partial charge < -0.3 is 10.7 Å². The molecule has 0 aliphatic carbocycles. The molecule has 0 amide bonds. The molecule has 90 valence electrons. The predicted octanol–water partition coefficient (Wildman–Crippen LogP) is 2.50. The SMILES string of the molecule is Cc1ccc(-c2nc(CCN)[nH]c2C)c(C)c1. The van der Waals surface area contributed by atoms with Gasteiger partial charge >= 0.3 is 0 Å². The van der Waals surface area contributed by atoms with E-state index in [-0.39, 0.29) is 0 Å². The van der Waals surface area contributed by atoms with E-state index >= 15 is 0 Å². The lowest BCUT2D eigenvalue weighted by molar-refractivity contribution is 0.891. The number of nitrogens with zero attached hydrogens (tertiary/aromatic N) is 1. The minimum atomic E-state index is 0.624. The van der Waals surface area contributed by atoms with Gasteiger partial charge in [-0.05, 0) is 32.9 Å². The monoisotopic (exact) mass is 229 g/mol. The molecular weight excluding hydrogens is 210 g/mol. The quantitative estimate of drug-likeness (QED) is 0.849. The highest BCUT2D eigenvalue weighted by molar-refractivity contribution is 5.66. The van der Waals surface area contributed by atoms with E-state index in [9.17, 15) is 0 Å². The Morgan fingerprint density at radius 2 is 2.00 bits per heavy atom. The van der Waals surface area contributed by atoms with Gasteiger partial charge in [0.05, 0.1) is 5.69 Å². The first-order chi connectivity index (χ1) is 8.11. The lowest BCUT2D eigenvalue weighted by atomic mass is 10.0. The number of aromatic amines is 1. The van der Waals surface area contributed by atoms with E-state index in [1.807, 2.05) is 0 Å². The Kier molecular flexibility index (Phi) is 3.29. The first-order valence-electron chi connectivity index (χ1n) is 5.95. The highest BCUT2D eigenvalue weighted by Gasteiger charge is 2.10. The zero-order valence-electron chi connectivity index (χ0n) is 10.7. The Balaban J connectivity index is 2.45. The van der Waals surface area contributed by atoms with Crippen LogP contribution in [0.1, 0.15) is 22.6 Å². The van der Waals surface area contributed by atoms with Gasteiger partial charge in [0.1, 0.15) is 5.82 Å². The molecule has 3 heteroatoms. The first-order valence-corrected chi connectivity index (χ1v) is 5.95. The third-order valence-electron chi connectivity index (χ3n) is 2.95. The Hall–Kier alpha value is -1.61. The van der Waals surface area contributed by atoms with Gasteiger partial charge in [0.15, 0.2) is 0 Å². The normalized spacial score (nSPS) is 10.8. The van der Waals surface area contributed by atoms with Crippen molar-refractivity contribution in [2.75, 3.05) is 6.54 Å². The molecule has 1 aromatic carbocycles. The van der Waals surface area contributed by atoms with Gasteiger partial charge in [-0.15, -0.1) is 0 Å². The summed E-state index contributed by atoms with van der Waals surface area (Å²) in [6, 6.07) is 6.45. The molecule has 1 aromatic heterocycles. The number of aromatic nitrogens is 2. The standard InChI is InChI=1S/C14H19N3/c1-9-4-5-12(10(2)8-9)14-11(3)16-13(17-14)6-7-15/h4-5,8H,6-7,15H2,1-3H3,(H,16,17). The topological polar surface area (TPSA) is 54.7 Å². The summed E-state index contributed by atoms with van der Waals surface area (Å²) in [5.41, 5.74) is 11.5. The fourth-order valence-electron chi connectivity index (χ4n) is 2.12. The molecule has 0 saturated carbocycles. The van der Waals surface area contributed by atoms with Crippen molar-refractivity contribution in [1.29, 1.82) is 0 Å². The minimum Gasteiger partial charge on any atom is -0.346 e. The number of H-pyrrole nitrogens is 1. The molecule has 2 aromatic rings. The van der Waals surface area contributed by atoms with E-state index in [2.05, 4.69) is 48.9 Å². The molecule has 0 aliphatic rings. The van der Waals surface area contributed by atoms with Crippen molar-refractivity contribution in [2.45, 2.75) is 27.2 Å². The summed E-state index contributed by atoms with van der Waals surface area (Å²) < 4.78 is 0. The van der Waals surface area contributed by atoms with Crippen LogP contribution in [-0.2, 0) is 6.42 Å². The molecule has 0 radical (unpaired) electrons. The summed E-state index contributed by atoms with van der Waals surface area (Å²) in [5.74, 6) is 0.972. The fourth-order valence-corrected chi connectivity index (χ4v) is 2.12. The molecule has 0 aliphatic heterocycles. The molecule has 0 atom stereocenters. The van der Waals surface area contributed by atoms with Crippen molar-refractivity contribution >= 4 is 0 Å². The zero-order valence-corrected chi connectivity index (χ0v) is 10.7. The van der Waals surface area contributed by atoms with E-state index in [0.717, 1.165) is 23.6 Å². The number of hydrogen-bond acceptors (Lipinski definition) is 2. The maximum Gasteiger partial charge on any atom is 0.108 e. The van der Waals surface area contributed by atoms with Crippen LogP contribution in [0.3, 0.4) is 0 Å². The molecule has 0 bridgehead atoms. The number of nitrogens with two attached hydrogens (primary N) is 1. The van der Waals surface area contributed by atoms with Crippen LogP contribution >= 0.6 is 0 Å². The Morgan fingerprint density at radius 1 is 1.24 bits per heavy atom. The van der Waals surface area contributed by atoms with Crippen LogP contribution < -0.4 is 5.73 Å². The average Bonchev–Trinajstić information content (AvgIpc) is 2.60. The van der Waals surface area contributed by atoms with Crippen molar-refractivity contribution in [3.63, 3.8) is 0 Å². The number of imidazole rings is 1. The minimum absolute atomic E-state index is 0.624. The van der Waals surface area contributed by atoms with Crippen LogP contribution in [0.25, 0.3) is 11.3 Å². The molecule has 0 unspecified atom stereocenters. The van der Waals surface area contributed by atoms with Gasteiger partial charge in [-0.3, -0.25) is 0 Å². The van der Waals surface area contributed by atoms with Gasteiger partial charge in [-0.25, -0.2) is 4.98 Å². The lowest BCUT2D eigenvalue weighted by Crippen LogP contribution is -2.03. The summed E-state index contributed by atoms with van der Waals surface area (Å²) in [6.07, 6.45) is 0.797. The third kappa shape index (κ3) is 2.39. The molecule has 1 heterocycles. The van der Waals surface area contributed by atoms with Gasteiger partial charge in [0.2, 0.25) is 0 Å². The summed E-state index contributed by atoms with van der Waals surface area (Å²) in [5, 5.41) is 0. The fraction of sp³-hybridized carbons (Fsp3) is 0.357. The van der Waals surface area contributed by atoms with Crippen molar-refractivity contribution in [3.05, 3.63) is 40.8 Å². The first kappa shape index (κ1) is 11.9. The number of nitrogens with one attached hydrogen (secondary N) is 1. The Morgan fingerprint density at radius 3 is 2.65 bits per heavy atom. The summed E-state index contributed by atoms with van der Waals surface area (Å²) in [6.45, 7) is 6.91. The summed E-state index contributed by atoms with van der Waals surface area (Å²) in [7, 11) is 0. The van der Waals surface area contributed by atoms with Crippen LogP contribution in [0.15, 0.2) is 18.2 Å². The largest absolute Gasteiger partial charge is 0.346 e. The van der Waals surface area contributed by atoms with E-state index in [4.69, 9.17) is 5.73 Å². The van der Waals surface area contributed by atoms with Gasteiger partial charge in [0.25, 0.3) is 0 Å². The Labute approximate surface area is 102 Å². The number of hydrogen-bond donors (Lipinski definition) is 2. The summed E-state index contributed by atoms with van der Waals surface area (Å²) >= 11 is 0. The summed E-state index contributed by atoms with van der Waals surface area (Å²) in [4.78, 5) is 7.92. The second-order valence-electron chi connectivity index (χ2n) is 4.51. The molecular formula is C14H19N3. The number of aryl methyl sites for hydroxylation is 3. The zero-order chi connectivity index (χ0) is 12.4. The van der Waals surface area contributed by atoms with Gasteiger partial charge in [-0.1, -0.05) is 23.8 Å². The van der Waals surface area contributed by atoms with Gasteiger partial charge in [-0.2, -0.15) is 0 Å². The molecule has 3 N–H and O–H groups in total. The molecule has 0 saturated heterocycles. The lowest BCUT2D eigenvalue weighted by Gasteiger charge is -2.04.